The molecule has 1 fully saturated rings. The molecule has 2 rings (SSSR count). The first-order chi connectivity index (χ1) is 8.20. The minimum Gasteiger partial charge on any atom is -0.491 e. The van der Waals surface area contributed by atoms with Crippen LogP contribution in [0.25, 0.3) is 0 Å². The van der Waals surface area contributed by atoms with Crippen molar-refractivity contribution in [2.45, 2.75) is 32.6 Å². The van der Waals surface area contributed by atoms with Gasteiger partial charge in [-0.3, -0.25) is 0 Å². The Hall–Kier alpha value is -1.20. The Labute approximate surface area is 107 Å². The van der Waals surface area contributed by atoms with E-state index in [-0.39, 0.29) is 0 Å². The molecule has 0 saturated heterocycles. The van der Waals surface area contributed by atoms with Gasteiger partial charge in [-0.1, -0.05) is 24.1 Å². The van der Waals surface area contributed by atoms with Crippen LogP contribution in [0, 0.1) is 24.2 Å². The standard InChI is InChI=1S/C14H16ClNO/c1-10-7-12(5-6-16)14(13(15)8-10)17-9-11-3-2-4-11/h7-8,11H,2-5,9H2,1H3. The molecule has 2 nitrogen and oxygen atoms in total. The van der Waals surface area contributed by atoms with Crippen molar-refractivity contribution in [3.05, 3.63) is 28.3 Å². The monoisotopic (exact) mass is 249 g/mol. The van der Waals surface area contributed by atoms with Gasteiger partial charge in [-0.2, -0.15) is 5.26 Å². The summed E-state index contributed by atoms with van der Waals surface area (Å²) in [6.07, 6.45) is 4.15. The molecule has 90 valence electrons. The molecule has 3 heteroatoms. The summed E-state index contributed by atoms with van der Waals surface area (Å²) in [6, 6.07) is 6.02. The fraction of sp³-hybridized carbons (Fsp3) is 0.500. The number of nitrogens with zero attached hydrogens (tertiary/aromatic N) is 1. The van der Waals surface area contributed by atoms with Crippen LogP contribution in [0.15, 0.2) is 12.1 Å². The van der Waals surface area contributed by atoms with E-state index in [1.807, 2.05) is 19.1 Å². The molecule has 0 spiro atoms. The van der Waals surface area contributed by atoms with E-state index in [1.165, 1.54) is 19.3 Å². The van der Waals surface area contributed by atoms with E-state index >= 15 is 0 Å². The lowest BCUT2D eigenvalue weighted by Crippen LogP contribution is -2.19. The number of ether oxygens (including phenoxy) is 1. The van der Waals surface area contributed by atoms with Crippen LogP contribution in [0.4, 0.5) is 0 Å². The van der Waals surface area contributed by atoms with E-state index in [0.29, 0.717) is 23.1 Å². The van der Waals surface area contributed by atoms with Gasteiger partial charge in [0.2, 0.25) is 0 Å². The zero-order valence-corrected chi connectivity index (χ0v) is 10.8. The van der Waals surface area contributed by atoms with Crippen LogP contribution in [0.2, 0.25) is 5.02 Å². The molecular weight excluding hydrogens is 234 g/mol. The second-order valence-electron chi connectivity index (χ2n) is 4.68. The van der Waals surface area contributed by atoms with Crippen molar-refractivity contribution >= 4 is 11.6 Å². The molecule has 17 heavy (non-hydrogen) atoms. The van der Waals surface area contributed by atoms with Gasteiger partial charge in [0.05, 0.1) is 24.1 Å². The van der Waals surface area contributed by atoms with Crippen LogP contribution in [0.5, 0.6) is 5.75 Å². The van der Waals surface area contributed by atoms with Gasteiger partial charge in [-0.15, -0.1) is 0 Å². The summed E-state index contributed by atoms with van der Waals surface area (Å²) in [4.78, 5) is 0. The molecule has 0 amide bonds. The third kappa shape index (κ3) is 2.92. The van der Waals surface area contributed by atoms with Crippen LogP contribution in [0.1, 0.15) is 30.4 Å². The van der Waals surface area contributed by atoms with E-state index in [0.717, 1.165) is 17.7 Å². The number of hydrogen-bond acceptors (Lipinski definition) is 2. The normalized spacial score (nSPS) is 15.1. The number of halogens is 1. The zero-order valence-electron chi connectivity index (χ0n) is 10.0. The lowest BCUT2D eigenvalue weighted by Gasteiger charge is -2.26. The molecule has 1 aliphatic rings. The number of hydrogen-bond donors (Lipinski definition) is 0. The summed E-state index contributed by atoms with van der Waals surface area (Å²) in [5, 5.41) is 9.43. The molecule has 0 unspecified atom stereocenters. The summed E-state index contributed by atoms with van der Waals surface area (Å²) < 4.78 is 5.80. The molecule has 0 aromatic heterocycles. The Bertz CT molecular complexity index is 446. The van der Waals surface area contributed by atoms with Crippen LogP contribution >= 0.6 is 11.6 Å². The molecular formula is C14H16ClNO. The van der Waals surface area contributed by atoms with Crippen molar-refractivity contribution in [3.8, 4) is 11.8 Å². The van der Waals surface area contributed by atoms with Gasteiger partial charge < -0.3 is 4.74 Å². The number of benzene rings is 1. The Morgan fingerprint density at radius 1 is 1.47 bits per heavy atom. The average molecular weight is 250 g/mol. The Morgan fingerprint density at radius 2 is 2.24 bits per heavy atom. The molecule has 1 aliphatic carbocycles. The number of nitriles is 1. The average Bonchev–Trinajstić information content (AvgIpc) is 2.19. The first-order valence-electron chi connectivity index (χ1n) is 5.99. The van der Waals surface area contributed by atoms with E-state index in [2.05, 4.69) is 6.07 Å². The lowest BCUT2D eigenvalue weighted by molar-refractivity contribution is 0.180. The molecule has 0 heterocycles. The van der Waals surface area contributed by atoms with Gasteiger partial charge in [0, 0.05) is 5.56 Å². The Balaban J connectivity index is 2.14. The summed E-state index contributed by atoms with van der Waals surface area (Å²) in [7, 11) is 0. The quantitative estimate of drug-likeness (QED) is 0.811. The largest absolute Gasteiger partial charge is 0.491 e. The van der Waals surface area contributed by atoms with E-state index in [9.17, 15) is 0 Å². The summed E-state index contributed by atoms with van der Waals surface area (Å²) >= 11 is 6.18. The van der Waals surface area contributed by atoms with Crippen molar-refractivity contribution < 1.29 is 4.74 Å². The van der Waals surface area contributed by atoms with Gasteiger partial charge in [-0.25, -0.2) is 0 Å². The first-order valence-corrected chi connectivity index (χ1v) is 6.37. The van der Waals surface area contributed by atoms with Crippen LogP contribution in [0.3, 0.4) is 0 Å². The van der Waals surface area contributed by atoms with Gasteiger partial charge >= 0.3 is 0 Å². The molecule has 0 radical (unpaired) electrons. The molecule has 0 aliphatic heterocycles. The molecule has 0 atom stereocenters. The minimum absolute atomic E-state index is 0.349. The number of aryl methyl sites for hydroxylation is 1. The number of rotatable bonds is 4. The second kappa shape index (κ2) is 5.42. The van der Waals surface area contributed by atoms with Crippen LogP contribution in [-0.4, -0.2) is 6.61 Å². The maximum Gasteiger partial charge on any atom is 0.142 e. The van der Waals surface area contributed by atoms with E-state index in [1.54, 1.807) is 0 Å². The molecule has 1 aromatic rings. The highest BCUT2D eigenvalue weighted by Gasteiger charge is 2.19. The highest BCUT2D eigenvalue weighted by molar-refractivity contribution is 6.32. The third-order valence-corrected chi connectivity index (χ3v) is 3.50. The van der Waals surface area contributed by atoms with E-state index in [4.69, 9.17) is 21.6 Å². The smallest absolute Gasteiger partial charge is 0.142 e. The minimum atomic E-state index is 0.349. The SMILES string of the molecule is Cc1cc(Cl)c(OCC2CCC2)c(CC#N)c1. The van der Waals surface area contributed by atoms with E-state index < -0.39 is 0 Å². The Morgan fingerprint density at radius 3 is 2.82 bits per heavy atom. The maximum atomic E-state index is 8.81. The van der Waals surface area contributed by atoms with Gasteiger partial charge in [-0.05, 0) is 37.3 Å². The Kier molecular flexibility index (Phi) is 3.91. The fourth-order valence-corrected chi connectivity index (χ4v) is 2.39. The molecule has 1 aromatic carbocycles. The highest BCUT2D eigenvalue weighted by Crippen LogP contribution is 2.33. The van der Waals surface area contributed by atoms with Crippen molar-refractivity contribution in [1.82, 2.24) is 0 Å². The predicted molar refractivity (Wildman–Crippen MR) is 68.3 cm³/mol. The van der Waals surface area contributed by atoms with Gasteiger partial charge in [0.15, 0.2) is 0 Å². The summed E-state index contributed by atoms with van der Waals surface area (Å²) in [5.41, 5.74) is 1.97. The summed E-state index contributed by atoms with van der Waals surface area (Å²) in [5.74, 6) is 1.37. The van der Waals surface area contributed by atoms with Gasteiger partial charge in [0.25, 0.3) is 0 Å². The van der Waals surface area contributed by atoms with Crippen LogP contribution in [-0.2, 0) is 6.42 Å². The third-order valence-electron chi connectivity index (χ3n) is 3.22. The lowest BCUT2D eigenvalue weighted by atomic mass is 9.86. The van der Waals surface area contributed by atoms with Crippen molar-refractivity contribution in [1.29, 1.82) is 5.26 Å². The molecule has 1 saturated carbocycles. The highest BCUT2D eigenvalue weighted by atomic mass is 35.5. The van der Waals surface area contributed by atoms with Crippen LogP contribution < -0.4 is 4.74 Å². The first kappa shape index (κ1) is 12.3. The molecule has 0 bridgehead atoms. The predicted octanol–water partition coefficient (Wildman–Crippen LogP) is 3.89. The van der Waals surface area contributed by atoms with Crippen molar-refractivity contribution in [3.63, 3.8) is 0 Å². The zero-order chi connectivity index (χ0) is 12.3. The maximum absolute atomic E-state index is 8.81. The fourth-order valence-electron chi connectivity index (χ4n) is 2.04. The topological polar surface area (TPSA) is 33.0 Å². The molecule has 0 N–H and O–H groups in total. The second-order valence-corrected chi connectivity index (χ2v) is 5.09. The van der Waals surface area contributed by atoms with Gasteiger partial charge in [0.1, 0.15) is 5.75 Å². The van der Waals surface area contributed by atoms with Crippen molar-refractivity contribution in [2.24, 2.45) is 5.92 Å². The summed E-state index contributed by atoms with van der Waals surface area (Å²) in [6.45, 7) is 2.70. The van der Waals surface area contributed by atoms with Crippen molar-refractivity contribution in [2.75, 3.05) is 6.61 Å².